The van der Waals surface area contributed by atoms with Crippen molar-refractivity contribution in [3.05, 3.63) is 71.3 Å². The minimum Gasteiger partial charge on any atom is -0.298 e. The lowest BCUT2D eigenvalue weighted by molar-refractivity contribution is 0.101. The number of aryl methyl sites for hydroxylation is 1. The number of carbonyl (C=O) groups excluding carboxylic acids is 2. The van der Waals surface area contributed by atoms with Crippen molar-refractivity contribution < 1.29 is 9.59 Å². The Labute approximate surface area is 107 Å². The van der Waals surface area contributed by atoms with Crippen LogP contribution in [0.4, 0.5) is 0 Å². The SMILES string of the molecule is CC(=O)c1ccc(C)cc1.O=Cc1ccccc1. The fourth-order valence-electron chi connectivity index (χ4n) is 1.32. The van der Waals surface area contributed by atoms with E-state index in [-0.39, 0.29) is 5.78 Å². The Morgan fingerprint density at radius 3 is 1.89 bits per heavy atom. The Morgan fingerprint density at radius 1 is 0.944 bits per heavy atom. The average molecular weight is 240 g/mol. The van der Waals surface area contributed by atoms with Crippen molar-refractivity contribution in [2.24, 2.45) is 0 Å². The van der Waals surface area contributed by atoms with Gasteiger partial charge in [-0.25, -0.2) is 0 Å². The second-order valence-electron chi connectivity index (χ2n) is 3.95. The lowest BCUT2D eigenvalue weighted by Crippen LogP contribution is -1.90. The number of hydrogen-bond donors (Lipinski definition) is 0. The molecule has 0 spiro atoms. The van der Waals surface area contributed by atoms with E-state index in [4.69, 9.17) is 0 Å². The third-order valence-electron chi connectivity index (χ3n) is 2.39. The zero-order chi connectivity index (χ0) is 13.4. The average Bonchev–Trinajstić information content (AvgIpc) is 2.41. The van der Waals surface area contributed by atoms with Crippen molar-refractivity contribution in [1.82, 2.24) is 0 Å². The summed E-state index contributed by atoms with van der Waals surface area (Å²) in [6, 6.07) is 16.7. The van der Waals surface area contributed by atoms with Crippen LogP contribution >= 0.6 is 0 Å². The second kappa shape index (κ2) is 7.17. The zero-order valence-electron chi connectivity index (χ0n) is 10.6. The molecule has 0 unspecified atom stereocenters. The molecule has 0 aliphatic heterocycles. The van der Waals surface area contributed by atoms with E-state index >= 15 is 0 Å². The summed E-state index contributed by atoms with van der Waals surface area (Å²) in [4.78, 5) is 20.8. The van der Waals surface area contributed by atoms with Gasteiger partial charge in [0, 0.05) is 11.1 Å². The van der Waals surface area contributed by atoms with Crippen LogP contribution in [0.1, 0.15) is 33.2 Å². The van der Waals surface area contributed by atoms with Crippen LogP contribution in [0.25, 0.3) is 0 Å². The number of aldehydes is 1. The molecule has 0 aliphatic carbocycles. The van der Waals surface area contributed by atoms with Crippen molar-refractivity contribution in [2.75, 3.05) is 0 Å². The van der Waals surface area contributed by atoms with Crippen molar-refractivity contribution in [2.45, 2.75) is 13.8 Å². The molecule has 2 heteroatoms. The lowest BCUT2D eigenvalue weighted by Gasteiger charge is -1.93. The van der Waals surface area contributed by atoms with E-state index in [1.807, 2.05) is 49.4 Å². The van der Waals surface area contributed by atoms with Crippen LogP contribution in [0.5, 0.6) is 0 Å². The van der Waals surface area contributed by atoms with E-state index in [0.717, 1.165) is 17.4 Å². The maximum atomic E-state index is 10.8. The first-order valence-electron chi connectivity index (χ1n) is 5.71. The first-order valence-corrected chi connectivity index (χ1v) is 5.71. The third kappa shape index (κ3) is 4.74. The molecule has 0 saturated heterocycles. The van der Waals surface area contributed by atoms with Gasteiger partial charge in [-0.3, -0.25) is 9.59 Å². The van der Waals surface area contributed by atoms with Gasteiger partial charge in [-0.15, -0.1) is 0 Å². The fourth-order valence-corrected chi connectivity index (χ4v) is 1.32. The molecule has 18 heavy (non-hydrogen) atoms. The molecule has 0 aromatic heterocycles. The molecule has 2 aromatic rings. The van der Waals surface area contributed by atoms with E-state index in [0.29, 0.717) is 0 Å². The number of carbonyl (C=O) groups is 2. The molecule has 2 nitrogen and oxygen atoms in total. The maximum Gasteiger partial charge on any atom is 0.159 e. The highest BCUT2D eigenvalue weighted by Gasteiger charge is 1.95. The predicted octanol–water partition coefficient (Wildman–Crippen LogP) is 3.70. The standard InChI is InChI=1S/C9H10O.C7H6O/c1-7-3-5-9(6-4-7)8(2)10;8-6-7-4-2-1-3-5-7/h3-6H,1-2H3;1-6H. The van der Waals surface area contributed by atoms with Gasteiger partial charge >= 0.3 is 0 Å². The smallest absolute Gasteiger partial charge is 0.159 e. The van der Waals surface area contributed by atoms with Gasteiger partial charge < -0.3 is 0 Å². The number of rotatable bonds is 2. The lowest BCUT2D eigenvalue weighted by atomic mass is 10.1. The first-order chi connectivity index (χ1) is 8.63. The monoisotopic (exact) mass is 240 g/mol. The Kier molecular flexibility index (Phi) is 5.52. The number of hydrogen-bond acceptors (Lipinski definition) is 2. The molecule has 0 N–H and O–H groups in total. The molecule has 0 heterocycles. The summed E-state index contributed by atoms with van der Waals surface area (Å²) in [7, 11) is 0. The van der Waals surface area contributed by atoms with Gasteiger partial charge in [-0.2, -0.15) is 0 Å². The topological polar surface area (TPSA) is 34.1 Å². The normalized spacial score (nSPS) is 9.00. The second-order valence-corrected chi connectivity index (χ2v) is 3.95. The summed E-state index contributed by atoms with van der Waals surface area (Å²) < 4.78 is 0. The number of ketones is 1. The van der Waals surface area contributed by atoms with E-state index < -0.39 is 0 Å². The highest BCUT2D eigenvalue weighted by molar-refractivity contribution is 5.93. The molecule has 0 aliphatic rings. The Balaban J connectivity index is 0.000000184. The van der Waals surface area contributed by atoms with Gasteiger partial charge in [0.1, 0.15) is 6.29 Å². The molecule has 0 atom stereocenters. The van der Waals surface area contributed by atoms with Gasteiger partial charge in [0.15, 0.2) is 5.78 Å². The largest absolute Gasteiger partial charge is 0.298 e. The highest BCUT2D eigenvalue weighted by Crippen LogP contribution is 2.02. The molecule has 2 rings (SSSR count). The van der Waals surface area contributed by atoms with Crippen LogP contribution in [-0.4, -0.2) is 12.1 Å². The summed E-state index contributed by atoms with van der Waals surface area (Å²) in [5.74, 6) is 0.125. The van der Waals surface area contributed by atoms with Crippen LogP contribution in [0.15, 0.2) is 54.6 Å². The molecule has 0 amide bonds. The van der Waals surface area contributed by atoms with Gasteiger partial charge in [0.2, 0.25) is 0 Å². The Morgan fingerprint density at radius 2 is 1.50 bits per heavy atom. The molecule has 0 bridgehead atoms. The zero-order valence-corrected chi connectivity index (χ0v) is 10.6. The van der Waals surface area contributed by atoms with E-state index in [9.17, 15) is 9.59 Å². The predicted molar refractivity (Wildman–Crippen MR) is 73.0 cm³/mol. The van der Waals surface area contributed by atoms with Crippen LogP contribution in [0, 0.1) is 6.92 Å². The van der Waals surface area contributed by atoms with Crippen molar-refractivity contribution in [3.63, 3.8) is 0 Å². The van der Waals surface area contributed by atoms with Crippen LogP contribution in [0.2, 0.25) is 0 Å². The summed E-state index contributed by atoms with van der Waals surface area (Å²) in [5, 5.41) is 0. The fraction of sp³-hybridized carbons (Fsp3) is 0.125. The maximum absolute atomic E-state index is 10.8. The molecular formula is C16H16O2. The summed E-state index contributed by atoms with van der Waals surface area (Å²) in [6.45, 7) is 3.58. The molecule has 92 valence electrons. The Bertz CT molecular complexity index is 498. The summed E-state index contributed by atoms with van der Waals surface area (Å²) in [5.41, 5.74) is 2.70. The van der Waals surface area contributed by atoms with Gasteiger partial charge in [-0.1, -0.05) is 60.2 Å². The first kappa shape index (κ1) is 13.8. The number of benzene rings is 2. The van der Waals surface area contributed by atoms with E-state index in [1.165, 1.54) is 5.56 Å². The van der Waals surface area contributed by atoms with Crippen LogP contribution < -0.4 is 0 Å². The molecule has 0 saturated carbocycles. The van der Waals surface area contributed by atoms with Crippen molar-refractivity contribution in [1.29, 1.82) is 0 Å². The third-order valence-corrected chi connectivity index (χ3v) is 2.39. The van der Waals surface area contributed by atoms with E-state index in [2.05, 4.69) is 0 Å². The van der Waals surface area contributed by atoms with Gasteiger partial charge in [0.25, 0.3) is 0 Å². The van der Waals surface area contributed by atoms with Gasteiger partial charge in [-0.05, 0) is 13.8 Å². The van der Waals surface area contributed by atoms with Crippen LogP contribution in [-0.2, 0) is 0 Å². The van der Waals surface area contributed by atoms with Crippen LogP contribution in [0.3, 0.4) is 0 Å². The Hall–Kier alpha value is -2.22. The summed E-state index contributed by atoms with van der Waals surface area (Å²) in [6.07, 6.45) is 0.833. The molecule has 2 aromatic carbocycles. The molecule has 0 radical (unpaired) electrons. The molecular weight excluding hydrogens is 224 g/mol. The van der Waals surface area contributed by atoms with Crippen molar-refractivity contribution >= 4 is 12.1 Å². The quantitative estimate of drug-likeness (QED) is 0.592. The molecule has 0 fully saturated rings. The summed E-state index contributed by atoms with van der Waals surface area (Å²) >= 11 is 0. The highest BCUT2D eigenvalue weighted by atomic mass is 16.1. The van der Waals surface area contributed by atoms with Gasteiger partial charge in [0.05, 0.1) is 0 Å². The minimum absolute atomic E-state index is 0.125. The van der Waals surface area contributed by atoms with Crippen molar-refractivity contribution in [3.8, 4) is 0 Å². The minimum atomic E-state index is 0.125. The van der Waals surface area contributed by atoms with E-state index in [1.54, 1.807) is 19.1 Å². The number of Topliss-reactive ketones (excluding diaryl/α,β-unsaturated/α-hetero) is 1.